The number of aliphatic hydroxyl groups is 1. The Labute approximate surface area is 324 Å². The molecule has 0 bridgehead atoms. The van der Waals surface area contributed by atoms with Gasteiger partial charge in [0.05, 0.1) is 29.0 Å². The van der Waals surface area contributed by atoms with E-state index in [0.29, 0.717) is 50.4 Å². The third-order valence-electron chi connectivity index (χ3n) is 12.9. The number of allylic oxidation sites excluding steroid dienone is 1. The van der Waals surface area contributed by atoms with Gasteiger partial charge in [0, 0.05) is 10.7 Å². The largest absolute Gasteiger partial charge is 0.461 e. The number of aliphatic hydroxyl groups excluding tert-OH is 1. The summed E-state index contributed by atoms with van der Waals surface area (Å²) in [7, 11) is 0. The SMILES string of the molecule is CCOC(=O)/C(=N\Nc1ccc(Cl)cc1)Sc1nnc(-c2c([C@H]3CC[C@H]4[C@@H]5CC=C6CC(O)CC[C@]6(C)[C@H]5CC[C@]34C)csc2N)n1-c1ccccc1. The summed E-state index contributed by atoms with van der Waals surface area (Å²) < 4.78 is 7.40. The van der Waals surface area contributed by atoms with Crippen LogP contribution in [0, 0.1) is 28.6 Å². The number of thioether (sulfide) groups is 1. The van der Waals surface area contributed by atoms with E-state index in [2.05, 4.69) is 40.9 Å². The normalized spacial score (nSPS) is 29.5. The number of esters is 1. The number of benzene rings is 2. The fourth-order valence-corrected chi connectivity index (χ4v) is 12.1. The van der Waals surface area contributed by atoms with Crippen LogP contribution in [0.5, 0.6) is 0 Å². The Morgan fingerprint density at radius 2 is 1.89 bits per heavy atom. The molecule has 12 heteroatoms. The molecule has 2 aromatic carbocycles. The van der Waals surface area contributed by atoms with Gasteiger partial charge in [0.25, 0.3) is 0 Å². The van der Waals surface area contributed by atoms with Crippen LogP contribution in [0.2, 0.25) is 5.02 Å². The van der Waals surface area contributed by atoms with E-state index in [9.17, 15) is 9.90 Å². The maximum Gasteiger partial charge on any atom is 0.365 e. The molecule has 3 saturated carbocycles. The molecule has 278 valence electrons. The Morgan fingerprint density at radius 3 is 2.66 bits per heavy atom. The van der Waals surface area contributed by atoms with Crippen LogP contribution in [0.15, 0.2) is 81.9 Å². The number of aromatic nitrogens is 3. The number of hydrazone groups is 1. The fraction of sp³-hybridized carbons (Fsp3) is 0.463. The summed E-state index contributed by atoms with van der Waals surface area (Å²) in [5.41, 5.74) is 15.4. The van der Waals surface area contributed by atoms with Crippen LogP contribution in [-0.2, 0) is 9.53 Å². The summed E-state index contributed by atoms with van der Waals surface area (Å²) in [6, 6.07) is 17.0. The van der Waals surface area contributed by atoms with Gasteiger partial charge in [0.1, 0.15) is 0 Å². The maximum absolute atomic E-state index is 13.2. The number of thiophene rings is 1. The van der Waals surface area contributed by atoms with E-state index < -0.39 is 5.97 Å². The summed E-state index contributed by atoms with van der Waals surface area (Å²) in [5, 5.41) is 28.6. The minimum absolute atomic E-state index is 0.0882. The number of carbonyl (C=O) groups excluding carboxylic acids is 1. The van der Waals surface area contributed by atoms with E-state index in [4.69, 9.17) is 27.2 Å². The third kappa shape index (κ3) is 6.51. The van der Waals surface area contributed by atoms with E-state index in [0.717, 1.165) is 55.1 Å². The number of ether oxygens (including phenoxy) is 1. The van der Waals surface area contributed by atoms with Gasteiger partial charge in [-0.25, -0.2) is 4.79 Å². The summed E-state index contributed by atoms with van der Waals surface area (Å²) in [6.07, 6.45) is 11.0. The van der Waals surface area contributed by atoms with Crippen molar-refractivity contribution in [3.8, 4) is 17.1 Å². The van der Waals surface area contributed by atoms with Crippen LogP contribution in [-0.4, -0.2) is 43.6 Å². The van der Waals surface area contributed by atoms with Crippen LogP contribution >= 0.6 is 34.7 Å². The van der Waals surface area contributed by atoms with E-state index in [1.165, 1.54) is 30.4 Å². The molecular formula is C41H47ClN6O3S2. The number of hydrogen-bond donors (Lipinski definition) is 3. The van der Waals surface area contributed by atoms with Gasteiger partial charge in [-0.2, -0.15) is 5.10 Å². The Bertz CT molecular complexity index is 2050. The van der Waals surface area contributed by atoms with Crippen molar-refractivity contribution in [2.75, 3.05) is 17.8 Å². The predicted octanol–water partition coefficient (Wildman–Crippen LogP) is 9.72. The Balaban J connectivity index is 1.15. The van der Waals surface area contributed by atoms with Crippen LogP contribution in [0.4, 0.5) is 10.7 Å². The molecular weight excluding hydrogens is 724 g/mol. The third-order valence-corrected chi connectivity index (χ3v) is 14.9. The van der Waals surface area contributed by atoms with Gasteiger partial charge in [0.15, 0.2) is 5.82 Å². The smallest absolute Gasteiger partial charge is 0.365 e. The lowest BCUT2D eigenvalue weighted by Crippen LogP contribution is -2.50. The minimum Gasteiger partial charge on any atom is -0.461 e. The number of anilines is 2. The van der Waals surface area contributed by atoms with Gasteiger partial charge in [0.2, 0.25) is 10.2 Å². The first-order valence-electron chi connectivity index (χ1n) is 18.8. The van der Waals surface area contributed by atoms with E-state index >= 15 is 0 Å². The second kappa shape index (κ2) is 14.5. The molecule has 4 aromatic rings. The lowest BCUT2D eigenvalue weighted by atomic mass is 9.47. The average Bonchev–Trinajstić information content (AvgIpc) is 3.85. The first kappa shape index (κ1) is 36.3. The number of fused-ring (bicyclic) bond motifs is 5. The molecule has 2 aromatic heterocycles. The van der Waals surface area contributed by atoms with Crippen molar-refractivity contribution in [1.29, 1.82) is 0 Å². The molecule has 3 fully saturated rings. The van der Waals surface area contributed by atoms with E-state index in [1.807, 2.05) is 34.9 Å². The van der Waals surface area contributed by atoms with E-state index in [1.54, 1.807) is 42.5 Å². The van der Waals surface area contributed by atoms with Crippen molar-refractivity contribution in [1.82, 2.24) is 14.8 Å². The zero-order valence-electron chi connectivity index (χ0n) is 30.4. The highest BCUT2D eigenvalue weighted by Crippen LogP contribution is 2.68. The molecule has 1 unspecified atom stereocenters. The predicted molar refractivity (Wildman–Crippen MR) is 215 cm³/mol. The number of para-hydroxylation sites is 1. The van der Waals surface area contributed by atoms with Crippen molar-refractivity contribution in [3.05, 3.63) is 82.2 Å². The summed E-state index contributed by atoms with van der Waals surface area (Å²) in [5.74, 6) is 2.36. The van der Waals surface area contributed by atoms with Crippen molar-refractivity contribution in [2.45, 2.75) is 89.3 Å². The van der Waals surface area contributed by atoms with Gasteiger partial charge in [-0.3, -0.25) is 9.99 Å². The number of nitrogens with one attached hydrogen (secondary N) is 1. The van der Waals surface area contributed by atoms with Gasteiger partial charge in [-0.15, -0.1) is 21.5 Å². The zero-order chi connectivity index (χ0) is 36.9. The number of nitrogen functional groups attached to an aromatic ring is 1. The number of hydrogen-bond acceptors (Lipinski definition) is 10. The maximum atomic E-state index is 13.2. The van der Waals surface area contributed by atoms with Crippen LogP contribution in [0.3, 0.4) is 0 Å². The zero-order valence-corrected chi connectivity index (χ0v) is 32.8. The van der Waals surface area contributed by atoms with Crippen LogP contribution in [0.25, 0.3) is 17.1 Å². The highest BCUT2D eigenvalue weighted by molar-refractivity contribution is 8.15. The second-order valence-electron chi connectivity index (χ2n) is 15.6. The van der Waals surface area contributed by atoms with Crippen LogP contribution < -0.4 is 11.2 Å². The van der Waals surface area contributed by atoms with Gasteiger partial charge in [-0.05, 0) is 152 Å². The molecule has 2 heterocycles. The minimum atomic E-state index is -0.567. The summed E-state index contributed by atoms with van der Waals surface area (Å²) in [6.45, 7) is 7.00. The van der Waals surface area contributed by atoms with Crippen molar-refractivity contribution < 1.29 is 14.6 Å². The molecule has 7 atom stereocenters. The molecule has 9 nitrogen and oxygen atoms in total. The number of nitrogens with zero attached hydrogens (tertiary/aromatic N) is 4. The summed E-state index contributed by atoms with van der Waals surface area (Å²) >= 11 is 8.75. The topological polar surface area (TPSA) is 128 Å². The first-order valence-corrected chi connectivity index (χ1v) is 20.9. The number of nitrogens with two attached hydrogens (primary N) is 1. The standard InChI is InChI=1S/C41H47ClN6O3S2/c1-4-51-38(50)37(46-44-26-13-11-25(42)12-14-26)53-39-47-45-36(48(39)27-8-6-5-7-9-27)34-30(23-52-35(34)43)32-17-16-31-29-15-10-24-22-28(49)18-20-40(24,2)33(29)19-21-41(31,32)3/h5-14,23,28-29,31-33,44,49H,4,15-22,43H2,1-3H3/b46-37+/t28?,29-,31-,32+,33-,40-,41-/m0/s1. The Morgan fingerprint density at radius 1 is 1.09 bits per heavy atom. The number of rotatable bonds is 7. The molecule has 0 aliphatic heterocycles. The molecule has 4 N–H and O–H groups in total. The Hall–Kier alpha value is -3.64. The molecule has 53 heavy (non-hydrogen) atoms. The molecule has 0 radical (unpaired) electrons. The van der Waals surface area contributed by atoms with Gasteiger partial charge >= 0.3 is 5.97 Å². The first-order chi connectivity index (χ1) is 25.6. The lowest BCUT2D eigenvalue weighted by Gasteiger charge is -2.58. The Kier molecular flexibility index (Phi) is 9.97. The lowest BCUT2D eigenvalue weighted by molar-refractivity contribution is -0.134. The fourth-order valence-electron chi connectivity index (χ4n) is 10.4. The molecule has 4 aliphatic rings. The number of carbonyl (C=O) groups is 1. The van der Waals surface area contributed by atoms with Gasteiger partial charge < -0.3 is 15.6 Å². The second-order valence-corrected chi connectivity index (χ2v) is 17.9. The van der Waals surface area contributed by atoms with Crippen molar-refractivity contribution in [3.63, 3.8) is 0 Å². The quantitative estimate of drug-likeness (QED) is 0.0424. The monoisotopic (exact) mass is 770 g/mol. The summed E-state index contributed by atoms with van der Waals surface area (Å²) in [4.78, 5) is 13.2. The van der Waals surface area contributed by atoms with Crippen LogP contribution in [0.1, 0.15) is 83.6 Å². The number of halogens is 1. The molecule has 8 rings (SSSR count). The van der Waals surface area contributed by atoms with E-state index in [-0.39, 0.29) is 28.6 Å². The molecule has 0 spiro atoms. The van der Waals surface area contributed by atoms with Gasteiger partial charge in [-0.1, -0.05) is 55.3 Å². The highest BCUT2D eigenvalue weighted by atomic mass is 35.5. The van der Waals surface area contributed by atoms with Crippen molar-refractivity contribution in [2.24, 2.45) is 33.7 Å². The highest BCUT2D eigenvalue weighted by Gasteiger charge is 2.59. The average molecular weight is 771 g/mol. The molecule has 0 amide bonds. The molecule has 0 saturated heterocycles. The molecule has 4 aliphatic carbocycles. The van der Waals surface area contributed by atoms with Crippen molar-refractivity contribution >= 4 is 56.4 Å².